The monoisotopic (exact) mass is 221 g/mol. The fourth-order valence-corrected chi connectivity index (χ4v) is 1.47. The van der Waals surface area contributed by atoms with Gasteiger partial charge in [-0.25, -0.2) is 0 Å². The Bertz CT molecular complexity index is 311. The molecule has 0 spiro atoms. The molecule has 0 saturated heterocycles. The number of benzene rings is 1. The van der Waals surface area contributed by atoms with Gasteiger partial charge in [0.1, 0.15) is 5.75 Å². The van der Waals surface area contributed by atoms with Gasteiger partial charge < -0.3 is 10.1 Å². The van der Waals surface area contributed by atoms with Crippen molar-refractivity contribution >= 4 is 0 Å². The van der Waals surface area contributed by atoms with Crippen molar-refractivity contribution in [3.8, 4) is 5.75 Å². The maximum atomic E-state index is 5.14. The van der Waals surface area contributed by atoms with E-state index in [2.05, 4.69) is 45.1 Å². The normalized spacial score (nSPS) is 13.6. The largest absolute Gasteiger partial charge is 0.497 e. The van der Waals surface area contributed by atoms with Crippen molar-refractivity contribution in [3.05, 3.63) is 29.8 Å². The minimum Gasteiger partial charge on any atom is -0.497 e. The van der Waals surface area contributed by atoms with Crippen LogP contribution in [-0.2, 0) is 0 Å². The van der Waals surface area contributed by atoms with Crippen LogP contribution in [0, 0.1) is 5.41 Å². The molecule has 0 aliphatic carbocycles. The summed E-state index contributed by atoms with van der Waals surface area (Å²) in [5, 5.41) is 3.54. The van der Waals surface area contributed by atoms with Crippen molar-refractivity contribution in [2.45, 2.75) is 33.7 Å². The second-order valence-electron chi connectivity index (χ2n) is 5.44. The van der Waals surface area contributed by atoms with E-state index in [1.807, 2.05) is 12.1 Å². The Hall–Kier alpha value is -1.02. The van der Waals surface area contributed by atoms with Gasteiger partial charge in [-0.3, -0.25) is 0 Å². The van der Waals surface area contributed by atoms with Crippen molar-refractivity contribution < 1.29 is 4.74 Å². The zero-order valence-electron chi connectivity index (χ0n) is 11.0. The lowest BCUT2D eigenvalue weighted by molar-refractivity contribution is 0.359. The summed E-state index contributed by atoms with van der Waals surface area (Å²) in [4.78, 5) is 0. The molecule has 1 aromatic rings. The fourth-order valence-electron chi connectivity index (χ4n) is 1.47. The van der Waals surface area contributed by atoms with E-state index in [-0.39, 0.29) is 0 Å². The number of hydrogen-bond donors (Lipinski definition) is 1. The van der Waals surface area contributed by atoms with E-state index in [1.54, 1.807) is 7.11 Å². The molecule has 0 amide bonds. The zero-order valence-corrected chi connectivity index (χ0v) is 11.0. The van der Waals surface area contributed by atoms with E-state index >= 15 is 0 Å². The van der Waals surface area contributed by atoms with Crippen LogP contribution in [0.2, 0.25) is 0 Å². The highest BCUT2D eigenvalue weighted by Gasteiger charge is 2.12. The van der Waals surface area contributed by atoms with Crippen LogP contribution in [0.3, 0.4) is 0 Å². The van der Waals surface area contributed by atoms with Crippen molar-refractivity contribution in [1.82, 2.24) is 5.32 Å². The Morgan fingerprint density at radius 3 is 2.19 bits per heavy atom. The molecule has 0 unspecified atom stereocenters. The number of methoxy groups -OCH3 is 1. The topological polar surface area (TPSA) is 21.3 Å². The highest BCUT2D eigenvalue weighted by molar-refractivity contribution is 5.28. The standard InChI is InChI=1S/C14H23NO/c1-11(15-10-14(2,3)4)12-6-8-13(16-5)9-7-12/h6-9,11,15H,10H2,1-5H3/t11-/m1/s1. The quantitative estimate of drug-likeness (QED) is 0.841. The van der Waals surface area contributed by atoms with E-state index in [9.17, 15) is 0 Å². The molecule has 0 heterocycles. The molecule has 90 valence electrons. The first-order chi connectivity index (χ1) is 7.42. The molecular formula is C14H23NO. The third-order valence-electron chi connectivity index (χ3n) is 2.55. The van der Waals surface area contributed by atoms with Gasteiger partial charge in [0, 0.05) is 12.6 Å². The molecule has 0 aromatic heterocycles. The molecule has 0 fully saturated rings. The first-order valence-corrected chi connectivity index (χ1v) is 5.80. The summed E-state index contributed by atoms with van der Waals surface area (Å²) in [6, 6.07) is 8.61. The molecule has 1 atom stereocenters. The van der Waals surface area contributed by atoms with Crippen molar-refractivity contribution in [3.63, 3.8) is 0 Å². The van der Waals surface area contributed by atoms with Crippen LogP contribution >= 0.6 is 0 Å². The summed E-state index contributed by atoms with van der Waals surface area (Å²) in [5.74, 6) is 0.909. The fraction of sp³-hybridized carbons (Fsp3) is 0.571. The first kappa shape index (κ1) is 13.0. The lowest BCUT2D eigenvalue weighted by Crippen LogP contribution is -2.29. The van der Waals surface area contributed by atoms with E-state index in [1.165, 1.54) is 5.56 Å². The Labute approximate surface area is 99.0 Å². The summed E-state index contributed by atoms with van der Waals surface area (Å²) in [7, 11) is 1.69. The Morgan fingerprint density at radius 2 is 1.75 bits per heavy atom. The Balaban J connectivity index is 2.56. The van der Waals surface area contributed by atoms with Crippen LogP contribution in [0.5, 0.6) is 5.75 Å². The average molecular weight is 221 g/mol. The summed E-state index contributed by atoms with van der Waals surface area (Å²) >= 11 is 0. The molecule has 1 aromatic carbocycles. The molecule has 0 aliphatic heterocycles. The number of nitrogens with one attached hydrogen (secondary N) is 1. The van der Waals surface area contributed by atoms with Gasteiger partial charge in [-0.15, -0.1) is 0 Å². The molecule has 2 nitrogen and oxygen atoms in total. The van der Waals surface area contributed by atoms with Crippen LogP contribution in [0.1, 0.15) is 39.3 Å². The molecule has 0 saturated carbocycles. The maximum Gasteiger partial charge on any atom is 0.118 e. The van der Waals surface area contributed by atoms with E-state index in [4.69, 9.17) is 4.74 Å². The van der Waals surface area contributed by atoms with Crippen molar-refractivity contribution in [2.75, 3.05) is 13.7 Å². The molecule has 0 radical (unpaired) electrons. The Kier molecular flexibility index (Phi) is 4.36. The number of rotatable bonds is 4. The molecule has 1 rings (SSSR count). The molecular weight excluding hydrogens is 198 g/mol. The minimum atomic E-state index is 0.320. The van der Waals surface area contributed by atoms with Gasteiger partial charge in [0.05, 0.1) is 7.11 Å². The molecule has 1 N–H and O–H groups in total. The van der Waals surface area contributed by atoms with E-state index < -0.39 is 0 Å². The van der Waals surface area contributed by atoms with E-state index in [0.29, 0.717) is 11.5 Å². The zero-order chi connectivity index (χ0) is 12.2. The average Bonchev–Trinajstić information content (AvgIpc) is 2.25. The first-order valence-electron chi connectivity index (χ1n) is 5.80. The second kappa shape index (κ2) is 5.35. The predicted octanol–water partition coefficient (Wildman–Crippen LogP) is 3.39. The van der Waals surface area contributed by atoms with Crippen LogP contribution in [0.15, 0.2) is 24.3 Å². The SMILES string of the molecule is COc1ccc([C@@H](C)NCC(C)(C)C)cc1. The number of hydrogen-bond acceptors (Lipinski definition) is 2. The van der Waals surface area contributed by atoms with Gasteiger partial charge in [0.2, 0.25) is 0 Å². The summed E-state index contributed by atoms with van der Waals surface area (Å²) in [6.45, 7) is 9.91. The highest BCUT2D eigenvalue weighted by Crippen LogP contribution is 2.19. The maximum absolute atomic E-state index is 5.14. The molecule has 16 heavy (non-hydrogen) atoms. The predicted molar refractivity (Wildman–Crippen MR) is 68.9 cm³/mol. The van der Waals surface area contributed by atoms with Crippen LogP contribution in [-0.4, -0.2) is 13.7 Å². The highest BCUT2D eigenvalue weighted by atomic mass is 16.5. The summed E-state index contributed by atoms with van der Waals surface area (Å²) in [5.41, 5.74) is 1.62. The molecule has 0 bridgehead atoms. The van der Waals surface area contributed by atoms with Crippen LogP contribution < -0.4 is 10.1 Å². The van der Waals surface area contributed by atoms with Crippen LogP contribution in [0.4, 0.5) is 0 Å². The number of ether oxygens (including phenoxy) is 1. The lowest BCUT2D eigenvalue weighted by atomic mass is 9.96. The van der Waals surface area contributed by atoms with Crippen molar-refractivity contribution in [2.24, 2.45) is 5.41 Å². The van der Waals surface area contributed by atoms with Crippen molar-refractivity contribution in [1.29, 1.82) is 0 Å². The van der Waals surface area contributed by atoms with Gasteiger partial charge in [0.25, 0.3) is 0 Å². The Morgan fingerprint density at radius 1 is 1.19 bits per heavy atom. The van der Waals surface area contributed by atoms with E-state index in [0.717, 1.165) is 12.3 Å². The smallest absolute Gasteiger partial charge is 0.118 e. The third kappa shape index (κ3) is 4.23. The van der Waals surface area contributed by atoms with Gasteiger partial charge in [-0.2, -0.15) is 0 Å². The van der Waals surface area contributed by atoms with Gasteiger partial charge in [-0.05, 0) is 30.0 Å². The summed E-state index contributed by atoms with van der Waals surface area (Å²) in [6.07, 6.45) is 0. The lowest BCUT2D eigenvalue weighted by Gasteiger charge is -2.23. The second-order valence-corrected chi connectivity index (χ2v) is 5.44. The molecule has 0 aliphatic rings. The van der Waals surface area contributed by atoms with Gasteiger partial charge in [-0.1, -0.05) is 32.9 Å². The molecule has 2 heteroatoms. The van der Waals surface area contributed by atoms with Gasteiger partial charge >= 0.3 is 0 Å². The summed E-state index contributed by atoms with van der Waals surface area (Å²) < 4.78 is 5.14. The van der Waals surface area contributed by atoms with Crippen LogP contribution in [0.25, 0.3) is 0 Å². The third-order valence-corrected chi connectivity index (χ3v) is 2.55. The minimum absolute atomic E-state index is 0.320. The van der Waals surface area contributed by atoms with Gasteiger partial charge in [0.15, 0.2) is 0 Å².